The van der Waals surface area contributed by atoms with Gasteiger partial charge in [0.2, 0.25) is 5.95 Å². The molecule has 7 nitrogen and oxygen atoms in total. The predicted molar refractivity (Wildman–Crippen MR) is 158 cm³/mol. The normalized spacial score (nSPS) is 27.3. The van der Waals surface area contributed by atoms with Crippen molar-refractivity contribution in [1.82, 2.24) is 15.3 Å². The molecule has 0 aliphatic heterocycles. The van der Waals surface area contributed by atoms with Gasteiger partial charge < -0.3 is 26.4 Å². The maximum absolute atomic E-state index is 14.7. The molecule has 0 spiro atoms. The van der Waals surface area contributed by atoms with Crippen molar-refractivity contribution in [2.45, 2.75) is 97.1 Å². The number of anilines is 2. The summed E-state index contributed by atoms with van der Waals surface area (Å²) < 4.78 is 57.1. The quantitative estimate of drug-likeness (QED) is 0.199. The summed E-state index contributed by atoms with van der Waals surface area (Å²) in [6, 6.07) is 6.63. The summed E-state index contributed by atoms with van der Waals surface area (Å²) in [4.78, 5) is 8.27. The molecule has 0 amide bonds. The highest BCUT2D eigenvalue weighted by atomic mass is 19.4. The Morgan fingerprint density at radius 1 is 1.12 bits per heavy atom. The SMILES string of the molecule is CC[C@H](NCC1CCC(N)CC1)[C@@H]1CC(C)C[C@@](C)(CNc2nc(NCc3ccccc3OC(F)(F)F)ncc2F)C1. The van der Waals surface area contributed by atoms with Crippen LogP contribution < -0.4 is 26.4 Å². The van der Waals surface area contributed by atoms with E-state index in [9.17, 15) is 17.6 Å². The zero-order chi connectivity index (χ0) is 30.3. The van der Waals surface area contributed by atoms with E-state index in [1.165, 1.54) is 37.5 Å². The number of rotatable bonds is 12. The van der Waals surface area contributed by atoms with Crippen LogP contribution in [-0.2, 0) is 6.54 Å². The van der Waals surface area contributed by atoms with Crippen molar-refractivity contribution < 1.29 is 22.3 Å². The lowest BCUT2D eigenvalue weighted by Gasteiger charge is -2.45. The second kappa shape index (κ2) is 14.2. The van der Waals surface area contributed by atoms with Crippen molar-refractivity contribution in [3.05, 3.63) is 41.8 Å². The van der Waals surface area contributed by atoms with Gasteiger partial charge in [-0.25, -0.2) is 9.37 Å². The molecular weight excluding hydrogens is 548 g/mol. The van der Waals surface area contributed by atoms with Crippen LogP contribution in [0.15, 0.2) is 30.5 Å². The van der Waals surface area contributed by atoms with Gasteiger partial charge in [-0.05, 0) is 87.1 Å². The van der Waals surface area contributed by atoms with Crippen LogP contribution >= 0.6 is 0 Å². The van der Waals surface area contributed by atoms with Gasteiger partial charge in [0.05, 0.1) is 6.20 Å². The van der Waals surface area contributed by atoms with E-state index in [0.717, 1.165) is 44.8 Å². The fraction of sp³-hybridized carbons (Fsp3) is 0.677. The standard InChI is InChI=1S/C31H46F4N6O/c1-4-26(37-16-21-9-11-24(36)12-10-21)23-13-20(2)14-30(3,15-23)19-40-28-25(32)18-39-29(41-28)38-17-22-7-5-6-8-27(22)42-31(33,34)35/h5-8,18,20-21,23-24,26,37H,4,9-17,19,36H2,1-3H3,(H2,38,39,40,41)/t20?,21?,23-,24?,26+,30-/m1/s1. The molecule has 2 aliphatic rings. The zero-order valence-electron chi connectivity index (χ0n) is 24.9. The molecule has 0 saturated heterocycles. The molecule has 2 aromatic rings. The van der Waals surface area contributed by atoms with Gasteiger partial charge in [-0.1, -0.05) is 39.0 Å². The van der Waals surface area contributed by atoms with Crippen LogP contribution in [0.3, 0.4) is 0 Å². The number of nitrogens with zero attached hydrogens (tertiary/aromatic N) is 2. The molecule has 4 atom stereocenters. The third-order valence-electron chi connectivity index (χ3n) is 8.93. The minimum Gasteiger partial charge on any atom is -0.405 e. The maximum atomic E-state index is 14.7. The van der Waals surface area contributed by atoms with E-state index in [1.54, 1.807) is 6.07 Å². The van der Waals surface area contributed by atoms with Crippen LogP contribution in [0.5, 0.6) is 5.75 Å². The number of alkyl halides is 3. The molecule has 1 aromatic heterocycles. The Morgan fingerprint density at radius 3 is 2.57 bits per heavy atom. The Balaban J connectivity index is 1.35. The van der Waals surface area contributed by atoms with E-state index < -0.39 is 12.2 Å². The average Bonchev–Trinajstić information content (AvgIpc) is 2.92. The molecule has 0 bridgehead atoms. The number of benzene rings is 1. The number of para-hydroxylation sites is 1. The van der Waals surface area contributed by atoms with E-state index in [4.69, 9.17) is 5.73 Å². The Hall–Kier alpha value is -2.66. The molecule has 5 N–H and O–H groups in total. The monoisotopic (exact) mass is 594 g/mol. The second-order valence-electron chi connectivity index (χ2n) is 12.8. The molecule has 2 fully saturated rings. The molecule has 1 unspecified atom stereocenters. The van der Waals surface area contributed by atoms with Gasteiger partial charge in [0, 0.05) is 30.7 Å². The largest absolute Gasteiger partial charge is 0.573 e. The average molecular weight is 595 g/mol. The summed E-state index contributed by atoms with van der Waals surface area (Å²) >= 11 is 0. The van der Waals surface area contributed by atoms with Crippen LogP contribution in [0.25, 0.3) is 0 Å². The van der Waals surface area contributed by atoms with E-state index in [1.807, 2.05) is 0 Å². The van der Waals surface area contributed by atoms with E-state index >= 15 is 0 Å². The Bertz CT molecular complexity index is 1140. The molecule has 2 aliphatic carbocycles. The summed E-state index contributed by atoms with van der Waals surface area (Å²) in [7, 11) is 0. The van der Waals surface area contributed by atoms with E-state index in [2.05, 4.69) is 51.4 Å². The molecule has 2 saturated carbocycles. The first-order valence-corrected chi connectivity index (χ1v) is 15.3. The van der Waals surface area contributed by atoms with Crippen LogP contribution in [0.1, 0.15) is 77.7 Å². The molecule has 11 heteroatoms. The van der Waals surface area contributed by atoms with Crippen molar-refractivity contribution >= 4 is 11.8 Å². The van der Waals surface area contributed by atoms with Crippen molar-refractivity contribution in [3.63, 3.8) is 0 Å². The van der Waals surface area contributed by atoms with Crippen molar-refractivity contribution in [2.75, 3.05) is 23.7 Å². The number of ether oxygens (including phenoxy) is 1. The van der Waals surface area contributed by atoms with Gasteiger partial charge in [0.25, 0.3) is 0 Å². The zero-order valence-corrected chi connectivity index (χ0v) is 24.9. The lowest BCUT2D eigenvalue weighted by Crippen LogP contribution is -2.46. The maximum Gasteiger partial charge on any atom is 0.573 e. The molecule has 42 heavy (non-hydrogen) atoms. The van der Waals surface area contributed by atoms with Crippen LogP contribution in [0.4, 0.5) is 29.3 Å². The van der Waals surface area contributed by atoms with Crippen LogP contribution in [0.2, 0.25) is 0 Å². The van der Waals surface area contributed by atoms with Crippen molar-refractivity contribution in [3.8, 4) is 5.75 Å². The first-order chi connectivity index (χ1) is 19.9. The van der Waals surface area contributed by atoms with Gasteiger partial charge in [-0.15, -0.1) is 13.2 Å². The highest BCUT2D eigenvalue weighted by Gasteiger charge is 2.38. The molecule has 234 valence electrons. The first kappa shape index (κ1) is 32.3. The van der Waals surface area contributed by atoms with Crippen LogP contribution in [0, 0.1) is 29.0 Å². The summed E-state index contributed by atoms with van der Waals surface area (Å²) in [5.41, 5.74) is 6.32. The summed E-state index contributed by atoms with van der Waals surface area (Å²) in [6.07, 6.45) is 5.19. The van der Waals surface area contributed by atoms with Crippen molar-refractivity contribution in [1.29, 1.82) is 0 Å². The molecule has 1 aromatic carbocycles. The van der Waals surface area contributed by atoms with Gasteiger partial charge in [0.15, 0.2) is 11.6 Å². The van der Waals surface area contributed by atoms with Gasteiger partial charge in [0.1, 0.15) is 5.75 Å². The van der Waals surface area contributed by atoms with E-state index in [-0.39, 0.29) is 35.0 Å². The topological polar surface area (TPSA) is 97.1 Å². The fourth-order valence-corrected chi connectivity index (χ4v) is 6.97. The fourth-order valence-electron chi connectivity index (χ4n) is 6.97. The first-order valence-electron chi connectivity index (χ1n) is 15.3. The minimum atomic E-state index is -4.80. The summed E-state index contributed by atoms with van der Waals surface area (Å²) in [5, 5.41) is 10.0. The molecular formula is C31H46F4N6O. The Morgan fingerprint density at radius 2 is 1.86 bits per heavy atom. The molecule has 0 radical (unpaired) electrons. The number of hydrogen-bond acceptors (Lipinski definition) is 7. The smallest absolute Gasteiger partial charge is 0.405 e. The molecule has 1 heterocycles. The Kier molecular flexibility index (Phi) is 10.9. The summed E-state index contributed by atoms with van der Waals surface area (Å²) in [6.45, 7) is 8.39. The minimum absolute atomic E-state index is 0.0205. The second-order valence-corrected chi connectivity index (χ2v) is 12.8. The number of nitrogens with one attached hydrogen (secondary N) is 3. The highest BCUT2D eigenvalue weighted by Crippen LogP contribution is 2.44. The third kappa shape index (κ3) is 9.42. The Labute approximate surface area is 246 Å². The lowest BCUT2D eigenvalue weighted by atomic mass is 9.64. The highest BCUT2D eigenvalue weighted by molar-refractivity contribution is 5.43. The summed E-state index contributed by atoms with van der Waals surface area (Å²) in [5.74, 6) is 1.07. The third-order valence-corrected chi connectivity index (χ3v) is 8.93. The van der Waals surface area contributed by atoms with Crippen LogP contribution in [-0.4, -0.2) is 41.5 Å². The van der Waals surface area contributed by atoms with E-state index in [0.29, 0.717) is 36.4 Å². The molecule has 4 rings (SSSR count). The predicted octanol–water partition coefficient (Wildman–Crippen LogP) is 6.87. The number of hydrogen-bond donors (Lipinski definition) is 4. The van der Waals surface area contributed by atoms with Gasteiger partial charge >= 0.3 is 6.36 Å². The number of halogens is 4. The number of nitrogens with two attached hydrogens (primary N) is 1. The van der Waals surface area contributed by atoms with Gasteiger partial charge in [-0.2, -0.15) is 4.98 Å². The van der Waals surface area contributed by atoms with Crippen molar-refractivity contribution in [2.24, 2.45) is 28.9 Å². The lowest BCUT2D eigenvalue weighted by molar-refractivity contribution is -0.274. The van der Waals surface area contributed by atoms with Gasteiger partial charge in [-0.3, -0.25) is 0 Å². The number of aromatic nitrogens is 2.